The highest BCUT2D eigenvalue weighted by Gasteiger charge is 2.30. The Hall–Kier alpha value is -2.62. The number of benzene rings is 2. The minimum atomic E-state index is -0.0255. The molecule has 1 saturated heterocycles. The van der Waals surface area contributed by atoms with Crippen LogP contribution in [0.3, 0.4) is 0 Å². The molecule has 1 fully saturated rings. The van der Waals surface area contributed by atoms with E-state index in [1.165, 1.54) is 5.56 Å². The van der Waals surface area contributed by atoms with E-state index in [-0.39, 0.29) is 23.1 Å². The molecule has 1 aliphatic heterocycles. The third-order valence-corrected chi connectivity index (χ3v) is 5.78. The maximum absolute atomic E-state index is 13.0. The Labute approximate surface area is 174 Å². The van der Waals surface area contributed by atoms with Gasteiger partial charge in [-0.15, -0.1) is 0 Å². The molecule has 0 N–H and O–H groups in total. The number of para-hydroxylation sites is 1. The van der Waals surface area contributed by atoms with E-state index in [9.17, 15) is 9.59 Å². The third kappa shape index (κ3) is 4.87. The molecule has 0 saturated carbocycles. The molecule has 0 atom stereocenters. The highest BCUT2D eigenvalue weighted by Crippen LogP contribution is 2.26. The molecule has 154 valence electrons. The molecule has 2 aromatic carbocycles. The van der Waals surface area contributed by atoms with Gasteiger partial charge in [-0.1, -0.05) is 51.1 Å². The Morgan fingerprint density at radius 3 is 2.07 bits per heavy atom. The number of nitrogens with zero attached hydrogens (tertiary/aromatic N) is 2. The molecule has 0 aromatic heterocycles. The molecule has 0 radical (unpaired) electrons. The van der Waals surface area contributed by atoms with Crippen LogP contribution in [0.5, 0.6) is 0 Å². The van der Waals surface area contributed by atoms with E-state index in [2.05, 4.69) is 20.8 Å². The molecule has 0 bridgehead atoms. The van der Waals surface area contributed by atoms with Crippen molar-refractivity contribution in [1.82, 2.24) is 4.90 Å². The molecule has 4 heteroatoms. The van der Waals surface area contributed by atoms with Gasteiger partial charge in [0.1, 0.15) is 0 Å². The zero-order chi connectivity index (χ0) is 21.0. The summed E-state index contributed by atoms with van der Waals surface area (Å²) in [6.45, 7) is 10.4. The minimum absolute atomic E-state index is 0.0255. The van der Waals surface area contributed by atoms with Gasteiger partial charge in [-0.2, -0.15) is 0 Å². The monoisotopic (exact) mass is 392 g/mol. The van der Waals surface area contributed by atoms with E-state index in [0.717, 1.165) is 11.3 Å². The van der Waals surface area contributed by atoms with Crippen molar-refractivity contribution in [2.45, 2.75) is 46.0 Å². The normalized spacial score (nSPS) is 15.2. The number of carbonyl (C=O) groups excluding carboxylic acids is 2. The fourth-order valence-corrected chi connectivity index (χ4v) is 3.92. The lowest BCUT2D eigenvalue weighted by molar-refractivity contribution is -0.123. The van der Waals surface area contributed by atoms with Crippen molar-refractivity contribution in [3.8, 4) is 0 Å². The summed E-state index contributed by atoms with van der Waals surface area (Å²) in [5.41, 5.74) is 2.96. The van der Waals surface area contributed by atoms with Crippen LogP contribution in [-0.4, -0.2) is 36.3 Å². The Kier molecular flexibility index (Phi) is 6.41. The topological polar surface area (TPSA) is 40.6 Å². The molecule has 3 rings (SSSR count). The van der Waals surface area contributed by atoms with Crippen LogP contribution in [-0.2, 0) is 10.2 Å². The maximum Gasteiger partial charge on any atom is 0.253 e. The molecule has 0 aliphatic carbocycles. The second-order valence-electron chi connectivity index (χ2n) is 8.81. The smallest absolute Gasteiger partial charge is 0.253 e. The largest absolute Gasteiger partial charge is 0.339 e. The minimum Gasteiger partial charge on any atom is -0.339 e. The van der Waals surface area contributed by atoms with Crippen LogP contribution >= 0.6 is 0 Å². The fourth-order valence-electron chi connectivity index (χ4n) is 3.92. The highest BCUT2D eigenvalue weighted by atomic mass is 16.2. The Morgan fingerprint density at radius 1 is 0.966 bits per heavy atom. The van der Waals surface area contributed by atoms with Gasteiger partial charge >= 0.3 is 0 Å². The quantitative estimate of drug-likeness (QED) is 0.743. The van der Waals surface area contributed by atoms with Crippen molar-refractivity contribution in [1.29, 1.82) is 0 Å². The summed E-state index contributed by atoms with van der Waals surface area (Å²) < 4.78 is 0. The van der Waals surface area contributed by atoms with Gasteiger partial charge in [0.15, 0.2) is 0 Å². The number of hydrogen-bond acceptors (Lipinski definition) is 2. The number of likely N-dealkylation sites (tertiary alicyclic amines) is 1. The molecular formula is C25H32N2O2. The molecule has 1 aliphatic rings. The molecule has 2 amide bonds. The van der Waals surface area contributed by atoms with Crippen LogP contribution < -0.4 is 4.90 Å². The third-order valence-electron chi connectivity index (χ3n) is 5.78. The van der Waals surface area contributed by atoms with Gasteiger partial charge in [0.2, 0.25) is 5.91 Å². The number of rotatable bonds is 4. The number of hydrogen-bond donors (Lipinski definition) is 0. The summed E-state index contributed by atoms with van der Waals surface area (Å²) in [5.74, 6) is 0.203. The highest BCUT2D eigenvalue weighted by molar-refractivity contribution is 5.96. The predicted octanol–water partition coefficient (Wildman–Crippen LogP) is 4.89. The lowest BCUT2D eigenvalue weighted by Gasteiger charge is -2.34. The van der Waals surface area contributed by atoms with Gasteiger partial charge < -0.3 is 9.80 Å². The van der Waals surface area contributed by atoms with Crippen molar-refractivity contribution in [3.63, 3.8) is 0 Å². The predicted molar refractivity (Wildman–Crippen MR) is 118 cm³/mol. The lowest BCUT2D eigenvalue weighted by atomic mass is 9.86. The van der Waals surface area contributed by atoms with E-state index in [1.54, 1.807) is 0 Å². The Morgan fingerprint density at radius 2 is 1.55 bits per heavy atom. The number of piperidine rings is 1. The summed E-state index contributed by atoms with van der Waals surface area (Å²) in [6.07, 6.45) is 1.43. The van der Waals surface area contributed by atoms with Gasteiger partial charge in [0, 0.05) is 36.8 Å². The summed E-state index contributed by atoms with van der Waals surface area (Å²) in [5, 5.41) is 0. The second kappa shape index (κ2) is 8.81. The van der Waals surface area contributed by atoms with E-state index in [4.69, 9.17) is 0 Å². The first-order valence-corrected chi connectivity index (χ1v) is 10.6. The molecule has 0 unspecified atom stereocenters. The number of amides is 2. The van der Waals surface area contributed by atoms with E-state index >= 15 is 0 Å². The summed E-state index contributed by atoms with van der Waals surface area (Å²) in [6, 6.07) is 17.8. The van der Waals surface area contributed by atoms with Crippen molar-refractivity contribution < 1.29 is 9.59 Å². The first kappa shape index (κ1) is 21.1. The fraction of sp³-hybridized carbons (Fsp3) is 0.440. The van der Waals surface area contributed by atoms with Crippen molar-refractivity contribution in [3.05, 3.63) is 65.7 Å². The van der Waals surface area contributed by atoms with Gasteiger partial charge in [0.05, 0.1) is 0 Å². The summed E-state index contributed by atoms with van der Waals surface area (Å²) in [7, 11) is 0. The van der Waals surface area contributed by atoms with Crippen LogP contribution in [0.15, 0.2) is 54.6 Å². The van der Waals surface area contributed by atoms with Crippen molar-refractivity contribution >= 4 is 17.5 Å². The van der Waals surface area contributed by atoms with Crippen LogP contribution in [0.4, 0.5) is 5.69 Å². The zero-order valence-corrected chi connectivity index (χ0v) is 18.0. The summed E-state index contributed by atoms with van der Waals surface area (Å²) in [4.78, 5) is 29.6. The van der Waals surface area contributed by atoms with E-state index in [1.807, 2.05) is 71.3 Å². The molecule has 2 aromatic rings. The van der Waals surface area contributed by atoms with Crippen LogP contribution in [0.1, 0.15) is 56.5 Å². The molecule has 0 spiro atoms. The standard InChI is InChI=1S/C25H32N2O2/c1-5-27(22-9-7-6-8-10-22)24(29)20-15-17-26(18-16-20)23(28)19-11-13-21(14-12-19)25(2,3)4/h6-14,20H,5,15-18H2,1-4H3. The Bertz CT molecular complexity index is 829. The number of anilines is 1. The zero-order valence-electron chi connectivity index (χ0n) is 18.0. The van der Waals surface area contributed by atoms with E-state index < -0.39 is 0 Å². The molecular weight excluding hydrogens is 360 g/mol. The van der Waals surface area contributed by atoms with Gasteiger partial charge in [-0.3, -0.25) is 9.59 Å². The van der Waals surface area contributed by atoms with Gasteiger partial charge in [-0.05, 0) is 55.0 Å². The number of carbonyl (C=O) groups is 2. The second-order valence-corrected chi connectivity index (χ2v) is 8.81. The summed E-state index contributed by atoms with van der Waals surface area (Å²) >= 11 is 0. The average Bonchev–Trinajstić information content (AvgIpc) is 2.74. The maximum atomic E-state index is 13.0. The van der Waals surface area contributed by atoms with Gasteiger partial charge in [0.25, 0.3) is 5.91 Å². The average molecular weight is 393 g/mol. The van der Waals surface area contributed by atoms with Crippen LogP contribution in [0.25, 0.3) is 0 Å². The SMILES string of the molecule is CCN(C(=O)C1CCN(C(=O)c2ccc(C(C)(C)C)cc2)CC1)c1ccccc1. The van der Waals surface area contributed by atoms with E-state index in [0.29, 0.717) is 32.5 Å². The molecule has 4 nitrogen and oxygen atoms in total. The van der Waals surface area contributed by atoms with Crippen molar-refractivity contribution in [2.75, 3.05) is 24.5 Å². The Balaban J connectivity index is 1.61. The first-order valence-electron chi connectivity index (χ1n) is 10.6. The van der Waals surface area contributed by atoms with Crippen LogP contribution in [0.2, 0.25) is 0 Å². The van der Waals surface area contributed by atoms with Gasteiger partial charge in [-0.25, -0.2) is 0 Å². The van der Waals surface area contributed by atoms with Crippen LogP contribution in [0, 0.1) is 5.92 Å². The molecule has 1 heterocycles. The first-order chi connectivity index (χ1) is 13.8. The van der Waals surface area contributed by atoms with Crippen molar-refractivity contribution in [2.24, 2.45) is 5.92 Å². The lowest BCUT2D eigenvalue weighted by Crippen LogP contribution is -2.44. The molecule has 29 heavy (non-hydrogen) atoms.